The van der Waals surface area contributed by atoms with E-state index in [0.29, 0.717) is 6.54 Å². The van der Waals surface area contributed by atoms with Crippen molar-refractivity contribution in [1.82, 2.24) is 9.80 Å². The average Bonchev–Trinajstić information content (AvgIpc) is 3.52. The van der Waals surface area contributed by atoms with Gasteiger partial charge in [0.1, 0.15) is 17.3 Å². The number of hydrogen-bond acceptors (Lipinski definition) is 5. The summed E-state index contributed by atoms with van der Waals surface area (Å²) in [5.74, 6) is 1.80. The van der Waals surface area contributed by atoms with E-state index in [1.165, 1.54) is 0 Å². The monoisotopic (exact) mass is 455 g/mol. The number of nitrogens with zero attached hydrogens (tertiary/aromatic N) is 3. The van der Waals surface area contributed by atoms with Crippen LogP contribution in [0.25, 0.3) is 0 Å². The Balaban J connectivity index is 1.41. The highest BCUT2D eigenvalue weighted by Crippen LogP contribution is 2.46. The summed E-state index contributed by atoms with van der Waals surface area (Å²) in [5, 5.41) is 9.48. The topological polar surface area (TPSA) is 65.4 Å². The molecular formula is C22H22BrN3O3. The van der Waals surface area contributed by atoms with Crippen molar-refractivity contribution in [2.45, 2.75) is 12.8 Å². The number of carboxylic acid groups (broad SMARTS) is 1. The van der Waals surface area contributed by atoms with Crippen LogP contribution in [0.4, 0.5) is 5.69 Å². The molecule has 0 unspecified atom stereocenters. The number of aliphatic carboxylic acids is 1. The zero-order valence-corrected chi connectivity index (χ0v) is 17.6. The minimum atomic E-state index is -0.652. The number of rotatable bonds is 3. The van der Waals surface area contributed by atoms with Crippen molar-refractivity contribution in [1.29, 1.82) is 0 Å². The fourth-order valence-corrected chi connectivity index (χ4v) is 4.43. The van der Waals surface area contributed by atoms with Gasteiger partial charge in [0.05, 0.1) is 11.0 Å². The summed E-state index contributed by atoms with van der Waals surface area (Å²) in [4.78, 5) is 21.1. The highest BCUT2D eigenvalue weighted by molar-refractivity contribution is 9.10. The SMILES string of the molecule is O=C(O)C1(CN2CCN(C3=Nc4ccccc4Oc4ccc(Br)cc43)CC2)CC1. The second-order valence-electron chi connectivity index (χ2n) is 7.99. The summed E-state index contributed by atoms with van der Waals surface area (Å²) >= 11 is 3.57. The Morgan fingerprint density at radius 3 is 2.59 bits per heavy atom. The van der Waals surface area contributed by atoms with E-state index in [1.807, 2.05) is 36.4 Å². The lowest BCUT2D eigenvalue weighted by molar-refractivity contribution is -0.144. The van der Waals surface area contributed by atoms with Crippen LogP contribution in [0.2, 0.25) is 0 Å². The van der Waals surface area contributed by atoms with Crippen molar-refractivity contribution in [2.24, 2.45) is 10.4 Å². The molecule has 0 aromatic heterocycles. The predicted octanol–water partition coefficient (Wildman–Crippen LogP) is 4.12. The summed E-state index contributed by atoms with van der Waals surface area (Å²) in [7, 11) is 0. The average molecular weight is 456 g/mol. The zero-order valence-electron chi connectivity index (χ0n) is 16.0. The molecule has 29 heavy (non-hydrogen) atoms. The summed E-state index contributed by atoms with van der Waals surface area (Å²) in [6.45, 7) is 3.93. The molecule has 2 aromatic rings. The first kappa shape index (κ1) is 18.6. The van der Waals surface area contributed by atoms with Gasteiger partial charge < -0.3 is 14.7 Å². The molecule has 150 valence electrons. The minimum Gasteiger partial charge on any atom is -0.481 e. The van der Waals surface area contributed by atoms with Gasteiger partial charge in [0, 0.05) is 37.2 Å². The Morgan fingerprint density at radius 2 is 1.86 bits per heavy atom. The molecule has 1 aliphatic carbocycles. The molecule has 7 heteroatoms. The van der Waals surface area contributed by atoms with Gasteiger partial charge in [-0.25, -0.2) is 4.99 Å². The van der Waals surface area contributed by atoms with E-state index >= 15 is 0 Å². The molecule has 1 saturated heterocycles. The molecule has 6 nitrogen and oxygen atoms in total. The lowest BCUT2D eigenvalue weighted by Crippen LogP contribution is -2.50. The number of carbonyl (C=O) groups is 1. The van der Waals surface area contributed by atoms with E-state index in [4.69, 9.17) is 9.73 Å². The van der Waals surface area contributed by atoms with Crippen LogP contribution >= 0.6 is 15.9 Å². The van der Waals surface area contributed by atoms with Crippen molar-refractivity contribution in [3.05, 3.63) is 52.5 Å². The van der Waals surface area contributed by atoms with Gasteiger partial charge in [0.15, 0.2) is 5.75 Å². The van der Waals surface area contributed by atoms with Gasteiger partial charge in [-0.15, -0.1) is 0 Å². The van der Waals surface area contributed by atoms with Crippen molar-refractivity contribution in [3.8, 4) is 11.5 Å². The van der Waals surface area contributed by atoms with Crippen LogP contribution in [0.5, 0.6) is 11.5 Å². The number of amidine groups is 1. The van der Waals surface area contributed by atoms with Crippen LogP contribution in [0.3, 0.4) is 0 Å². The van der Waals surface area contributed by atoms with E-state index in [9.17, 15) is 9.90 Å². The summed E-state index contributed by atoms with van der Waals surface area (Å²) in [6, 6.07) is 13.8. The highest BCUT2D eigenvalue weighted by Gasteiger charge is 2.51. The first-order chi connectivity index (χ1) is 14.0. The second-order valence-corrected chi connectivity index (χ2v) is 8.91. The van der Waals surface area contributed by atoms with E-state index in [0.717, 1.165) is 72.1 Å². The molecule has 0 atom stereocenters. The molecule has 2 heterocycles. The number of aliphatic imine (C=N–C) groups is 1. The Kier molecular flexibility index (Phi) is 4.59. The third-order valence-corrected chi connectivity index (χ3v) is 6.49. The smallest absolute Gasteiger partial charge is 0.310 e. The van der Waals surface area contributed by atoms with Crippen LogP contribution in [0.15, 0.2) is 51.9 Å². The van der Waals surface area contributed by atoms with E-state index in [2.05, 4.69) is 31.8 Å². The van der Waals surface area contributed by atoms with Crippen molar-refractivity contribution < 1.29 is 14.6 Å². The van der Waals surface area contributed by atoms with Crippen molar-refractivity contribution >= 4 is 33.4 Å². The largest absolute Gasteiger partial charge is 0.481 e. The van der Waals surface area contributed by atoms with Crippen LogP contribution in [0, 0.1) is 5.41 Å². The Hall–Kier alpha value is -2.38. The molecule has 0 amide bonds. The molecule has 5 rings (SSSR count). The summed E-state index contributed by atoms with van der Waals surface area (Å²) in [5.41, 5.74) is 1.28. The lowest BCUT2D eigenvalue weighted by atomic mass is 10.1. The Labute approximate surface area is 177 Å². The number of ether oxygens (including phenoxy) is 1. The predicted molar refractivity (Wildman–Crippen MR) is 114 cm³/mol. The quantitative estimate of drug-likeness (QED) is 0.753. The lowest BCUT2D eigenvalue weighted by Gasteiger charge is -2.37. The number of benzene rings is 2. The minimum absolute atomic E-state index is 0.508. The van der Waals surface area contributed by atoms with Gasteiger partial charge >= 0.3 is 5.97 Å². The van der Waals surface area contributed by atoms with E-state index < -0.39 is 11.4 Å². The fourth-order valence-electron chi connectivity index (χ4n) is 4.07. The van der Waals surface area contributed by atoms with Gasteiger partial charge in [-0.05, 0) is 43.2 Å². The normalized spacial score (nSPS) is 20.0. The van der Waals surface area contributed by atoms with Gasteiger partial charge in [0.2, 0.25) is 0 Å². The molecule has 2 aromatic carbocycles. The number of para-hydroxylation sites is 2. The summed E-state index contributed by atoms with van der Waals surface area (Å²) in [6.07, 6.45) is 1.59. The highest BCUT2D eigenvalue weighted by atomic mass is 79.9. The maximum Gasteiger partial charge on any atom is 0.310 e. The second kappa shape index (κ2) is 7.15. The Bertz CT molecular complexity index is 995. The third kappa shape index (κ3) is 3.53. The molecule has 0 radical (unpaired) electrons. The van der Waals surface area contributed by atoms with Crippen LogP contribution in [-0.2, 0) is 4.79 Å². The molecule has 3 aliphatic rings. The number of fused-ring (bicyclic) bond motifs is 2. The molecule has 2 fully saturated rings. The summed E-state index contributed by atoms with van der Waals surface area (Å²) < 4.78 is 7.14. The van der Waals surface area contributed by atoms with Crippen molar-refractivity contribution in [3.63, 3.8) is 0 Å². The van der Waals surface area contributed by atoms with E-state index in [1.54, 1.807) is 0 Å². The molecule has 0 bridgehead atoms. The van der Waals surface area contributed by atoms with Gasteiger partial charge in [-0.2, -0.15) is 0 Å². The Morgan fingerprint density at radius 1 is 1.10 bits per heavy atom. The maximum absolute atomic E-state index is 11.5. The first-order valence-corrected chi connectivity index (χ1v) is 10.7. The standard InChI is InChI=1S/C22H22BrN3O3/c23-15-5-6-18-16(13-15)20(24-17-3-1-2-4-19(17)29-18)26-11-9-25(10-12-26)14-22(7-8-22)21(27)28/h1-6,13H,7-12,14H2,(H,27,28). The number of hydrogen-bond donors (Lipinski definition) is 1. The number of piperazine rings is 1. The van der Waals surface area contributed by atoms with Crippen LogP contribution in [-0.4, -0.2) is 59.4 Å². The fraction of sp³-hybridized carbons (Fsp3) is 0.364. The van der Waals surface area contributed by atoms with Crippen molar-refractivity contribution in [2.75, 3.05) is 32.7 Å². The maximum atomic E-state index is 11.5. The number of carboxylic acids is 1. The van der Waals surface area contributed by atoms with Gasteiger partial charge in [-0.3, -0.25) is 9.69 Å². The molecule has 1 saturated carbocycles. The molecule has 0 spiro atoms. The third-order valence-electron chi connectivity index (χ3n) is 6.00. The molecule has 1 N–H and O–H groups in total. The van der Waals surface area contributed by atoms with E-state index in [-0.39, 0.29) is 0 Å². The molecular weight excluding hydrogens is 434 g/mol. The molecule has 2 aliphatic heterocycles. The zero-order chi connectivity index (χ0) is 20.0. The van der Waals surface area contributed by atoms with Crippen LogP contribution < -0.4 is 4.74 Å². The number of halogens is 1. The first-order valence-electron chi connectivity index (χ1n) is 9.90. The van der Waals surface area contributed by atoms with Gasteiger partial charge in [0.25, 0.3) is 0 Å². The van der Waals surface area contributed by atoms with Gasteiger partial charge in [-0.1, -0.05) is 28.1 Å². The van der Waals surface area contributed by atoms with Crippen LogP contribution in [0.1, 0.15) is 18.4 Å².